The van der Waals surface area contributed by atoms with Gasteiger partial charge in [-0.15, -0.1) is 0 Å². The summed E-state index contributed by atoms with van der Waals surface area (Å²) in [6.45, 7) is 0.516. The van der Waals surface area contributed by atoms with Crippen LogP contribution in [-0.2, 0) is 18.4 Å². The Morgan fingerprint density at radius 3 is 2.91 bits per heavy atom. The first kappa shape index (κ1) is 14.1. The molecule has 0 unspecified atom stereocenters. The minimum absolute atomic E-state index is 0.0647. The molecule has 22 heavy (non-hydrogen) atoms. The number of carbonyl (C=O) groups is 1. The van der Waals surface area contributed by atoms with Gasteiger partial charge in [-0.1, -0.05) is 0 Å². The fourth-order valence-corrected chi connectivity index (χ4v) is 2.29. The summed E-state index contributed by atoms with van der Waals surface area (Å²) in [6.07, 6.45) is 5.50. The quantitative estimate of drug-likeness (QED) is 0.779. The van der Waals surface area contributed by atoms with Gasteiger partial charge in [0.2, 0.25) is 5.91 Å². The Hall–Kier alpha value is -2.83. The van der Waals surface area contributed by atoms with Crippen molar-refractivity contribution in [1.82, 2.24) is 19.6 Å². The van der Waals surface area contributed by atoms with Gasteiger partial charge < -0.3 is 10.1 Å². The summed E-state index contributed by atoms with van der Waals surface area (Å²) in [7, 11) is 3.44. The molecule has 2 heterocycles. The van der Waals surface area contributed by atoms with Gasteiger partial charge in [-0.3, -0.25) is 14.2 Å². The van der Waals surface area contributed by atoms with Crippen molar-refractivity contribution in [2.75, 3.05) is 12.4 Å². The van der Waals surface area contributed by atoms with Crippen molar-refractivity contribution >= 4 is 22.5 Å². The lowest BCUT2D eigenvalue weighted by atomic mass is 10.2. The highest BCUT2D eigenvalue weighted by molar-refractivity contribution is 5.90. The van der Waals surface area contributed by atoms with Crippen molar-refractivity contribution in [2.24, 2.45) is 7.05 Å². The predicted molar refractivity (Wildman–Crippen MR) is 82.7 cm³/mol. The van der Waals surface area contributed by atoms with Crippen LogP contribution >= 0.6 is 0 Å². The zero-order valence-electron chi connectivity index (χ0n) is 12.5. The largest absolute Gasteiger partial charge is 0.497 e. The maximum absolute atomic E-state index is 11.9. The average Bonchev–Trinajstić information content (AvgIpc) is 3.10. The molecule has 0 saturated heterocycles. The normalized spacial score (nSPS) is 10.8. The molecule has 114 valence electrons. The maximum Gasteiger partial charge on any atom is 0.226 e. The molecule has 0 bridgehead atoms. The number of benzene rings is 1. The van der Waals surface area contributed by atoms with Crippen molar-refractivity contribution < 1.29 is 9.53 Å². The number of hydrogen-bond acceptors (Lipinski definition) is 4. The molecular weight excluding hydrogens is 282 g/mol. The second-order valence-corrected chi connectivity index (χ2v) is 4.99. The van der Waals surface area contributed by atoms with E-state index in [1.54, 1.807) is 37.4 Å². The third kappa shape index (κ3) is 2.93. The standard InChI is InChI=1S/C15H17N5O2/c1-19-10-12(9-16-19)18-15(21)5-6-20-14-4-3-13(22-2)7-11(14)8-17-20/h3-4,7-10H,5-6H2,1-2H3,(H,18,21). The zero-order valence-corrected chi connectivity index (χ0v) is 12.5. The Kier molecular flexibility index (Phi) is 3.78. The molecule has 1 aromatic carbocycles. The molecule has 1 amide bonds. The maximum atomic E-state index is 11.9. The van der Waals surface area contributed by atoms with Crippen LogP contribution in [0.3, 0.4) is 0 Å². The zero-order chi connectivity index (χ0) is 15.5. The summed E-state index contributed by atoms with van der Waals surface area (Å²) in [4.78, 5) is 11.9. The first-order valence-corrected chi connectivity index (χ1v) is 6.94. The minimum atomic E-state index is -0.0647. The van der Waals surface area contributed by atoms with Crippen LogP contribution < -0.4 is 10.1 Å². The lowest BCUT2D eigenvalue weighted by molar-refractivity contribution is -0.116. The van der Waals surface area contributed by atoms with Crippen LogP contribution in [0.25, 0.3) is 10.9 Å². The second-order valence-electron chi connectivity index (χ2n) is 4.99. The highest BCUT2D eigenvalue weighted by Crippen LogP contribution is 2.20. The Labute approximate surface area is 127 Å². The lowest BCUT2D eigenvalue weighted by Gasteiger charge is -2.05. The monoisotopic (exact) mass is 299 g/mol. The highest BCUT2D eigenvalue weighted by Gasteiger charge is 2.08. The van der Waals surface area contributed by atoms with Gasteiger partial charge in [-0.05, 0) is 18.2 Å². The first-order chi connectivity index (χ1) is 10.7. The number of aromatic nitrogens is 4. The van der Waals surface area contributed by atoms with E-state index in [-0.39, 0.29) is 5.91 Å². The third-order valence-corrected chi connectivity index (χ3v) is 3.39. The van der Waals surface area contributed by atoms with E-state index in [4.69, 9.17) is 4.74 Å². The van der Waals surface area contributed by atoms with Crippen molar-refractivity contribution in [3.8, 4) is 5.75 Å². The highest BCUT2D eigenvalue weighted by atomic mass is 16.5. The molecule has 3 aromatic rings. The van der Waals surface area contributed by atoms with Crippen molar-refractivity contribution in [2.45, 2.75) is 13.0 Å². The van der Waals surface area contributed by atoms with Crippen molar-refractivity contribution in [3.63, 3.8) is 0 Å². The average molecular weight is 299 g/mol. The molecule has 0 spiro atoms. The van der Waals surface area contributed by atoms with Gasteiger partial charge in [0.15, 0.2) is 0 Å². The molecule has 0 aliphatic heterocycles. The number of methoxy groups -OCH3 is 1. The van der Waals surface area contributed by atoms with Gasteiger partial charge in [0.1, 0.15) is 5.75 Å². The molecule has 7 nitrogen and oxygen atoms in total. The predicted octanol–water partition coefficient (Wildman–Crippen LogP) is 1.81. The second kappa shape index (κ2) is 5.88. The molecule has 0 saturated carbocycles. The number of ether oxygens (including phenoxy) is 1. The van der Waals surface area contributed by atoms with Crippen LogP contribution in [0.2, 0.25) is 0 Å². The van der Waals surface area contributed by atoms with E-state index < -0.39 is 0 Å². The van der Waals surface area contributed by atoms with E-state index in [2.05, 4.69) is 15.5 Å². The molecule has 0 atom stereocenters. The van der Waals surface area contributed by atoms with Crippen LogP contribution in [-0.4, -0.2) is 32.6 Å². The molecule has 2 aromatic heterocycles. The van der Waals surface area contributed by atoms with E-state index in [9.17, 15) is 4.79 Å². The van der Waals surface area contributed by atoms with Crippen LogP contribution in [0, 0.1) is 0 Å². The van der Waals surface area contributed by atoms with E-state index in [1.165, 1.54) is 0 Å². The molecule has 0 aliphatic carbocycles. The van der Waals surface area contributed by atoms with Gasteiger partial charge in [-0.25, -0.2) is 0 Å². The lowest BCUT2D eigenvalue weighted by Crippen LogP contribution is -2.14. The summed E-state index contributed by atoms with van der Waals surface area (Å²) < 4.78 is 8.65. The fourth-order valence-electron chi connectivity index (χ4n) is 2.29. The van der Waals surface area contributed by atoms with E-state index in [0.29, 0.717) is 18.7 Å². The van der Waals surface area contributed by atoms with Gasteiger partial charge in [-0.2, -0.15) is 10.2 Å². The van der Waals surface area contributed by atoms with Gasteiger partial charge in [0, 0.05) is 25.1 Å². The Morgan fingerprint density at radius 1 is 1.32 bits per heavy atom. The SMILES string of the molecule is COc1ccc2c(cnn2CCC(=O)Nc2cnn(C)c2)c1. The van der Waals surface area contributed by atoms with Crippen LogP contribution in [0.5, 0.6) is 5.75 Å². The Morgan fingerprint density at radius 2 is 2.18 bits per heavy atom. The van der Waals surface area contributed by atoms with Gasteiger partial charge in [0.25, 0.3) is 0 Å². The molecule has 0 radical (unpaired) electrons. The number of rotatable bonds is 5. The van der Waals surface area contributed by atoms with E-state index in [0.717, 1.165) is 16.7 Å². The number of amides is 1. The molecule has 0 aliphatic rings. The number of anilines is 1. The topological polar surface area (TPSA) is 74.0 Å². The van der Waals surface area contributed by atoms with Gasteiger partial charge in [0.05, 0.1) is 37.3 Å². The summed E-state index contributed by atoms with van der Waals surface area (Å²) >= 11 is 0. The molecular formula is C15H17N5O2. The van der Waals surface area contributed by atoms with E-state index in [1.807, 2.05) is 22.9 Å². The van der Waals surface area contributed by atoms with E-state index >= 15 is 0 Å². The summed E-state index contributed by atoms with van der Waals surface area (Å²) in [6, 6.07) is 5.75. The number of hydrogen-bond donors (Lipinski definition) is 1. The number of fused-ring (bicyclic) bond motifs is 1. The molecule has 0 fully saturated rings. The third-order valence-electron chi connectivity index (χ3n) is 3.39. The van der Waals surface area contributed by atoms with Crippen molar-refractivity contribution in [1.29, 1.82) is 0 Å². The van der Waals surface area contributed by atoms with Crippen molar-refractivity contribution in [3.05, 3.63) is 36.8 Å². The Bertz CT molecular complexity index is 805. The number of nitrogens with zero attached hydrogens (tertiary/aromatic N) is 4. The summed E-state index contributed by atoms with van der Waals surface area (Å²) in [5, 5.41) is 12.1. The van der Waals surface area contributed by atoms with Crippen LogP contribution in [0.1, 0.15) is 6.42 Å². The first-order valence-electron chi connectivity index (χ1n) is 6.94. The number of carbonyl (C=O) groups excluding carboxylic acids is 1. The van der Waals surface area contributed by atoms with Crippen LogP contribution in [0.4, 0.5) is 5.69 Å². The van der Waals surface area contributed by atoms with Crippen LogP contribution in [0.15, 0.2) is 36.8 Å². The smallest absolute Gasteiger partial charge is 0.226 e. The fraction of sp³-hybridized carbons (Fsp3) is 0.267. The molecule has 3 rings (SSSR count). The summed E-state index contributed by atoms with van der Waals surface area (Å²) in [5.74, 6) is 0.728. The number of nitrogens with one attached hydrogen (secondary N) is 1. The molecule has 7 heteroatoms. The summed E-state index contributed by atoms with van der Waals surface area (Å²) in [5.41, 5.74) is 1.68. The Balaban J connectivity index is 1.65. The minimum Gasteiger partial charge on any atom is -0.497 e. The molecule has 1 N–H and O–H groups in total. The van der Waals surface area contributed by atoms with Gasteiger partial charge >= 0.3 is 0 Å². The number of aryl methyl sites for hydroxylation is 2.